The van der Waals surface area contributed by atoms with Gasteiger partial charge in [0.2, 0.25) is 0 Å². The first-order chi connectivity index (χ1) is 5.38. The number of nitrogens with zero attached hydrogens (tertiary/aromatic N) is 1. The highest BCUT2D eigenvalue weighted by atomic mass is 16.5. The summed E-state index contributed by atoms with van der Waals surface area (Å²) in [5.41, 5.74) is 6.38. The van der Waals surface area contributed by atoms with Crippen LogP contribution >= 0.6 is 0 Å². The van der Waals surface area contributed by atoms with Gasteiger partial charge in [-0.15, -0.1) is 0 Å². The van der Waals surface area contributed by atoms with Gasteiger partial charge in [0.25, 0.3) is 0 Å². The Labute approximate surface area is 63.2 Å². The van der Waals surface area contributed by atoms with E-state index >= 15 is 0 Å². The minimum absolute atomic E-state index is 0.186. The molecule has 2 heterocycles. The molecule has 0 amide bonds. The molecule has 1 aliphatic rings. The first kappa shape index (κ1) is 6.09. The third-order valence-corrected chi connectivity index (χ3v) is 1.51. The zero-order chi connectivity index (χ0) is 7.68. The van der Waals surface area contributed by atoms with Crippen LogP contribution in [0, 0.1) is 0 Å². The topological polar surface area (TPSA) is 76.0 Å². The standard InChI is InChI=1S/C6H8N4O/c7-5-4(3-9-10-5)6-8-1-2-11-6/h1-3,6,8H,(H3,7,9,10). The van der Waals surface area contributed by atoms with Crippen molar-refractivity contribution in [2.24, 2.45) is 0 Å². The first-order valence-corrected chi connectivity index (χ1v) is 3.23. The number of ether oxygens (including phenoxy) is 1. The van der Waals surface area contributed by atoms with Gasteiger partial charge in [0, 0.05) is 6.20 Å². The van der Waals surface area contributed by atoms with Crippen LogP contribution in [0.2, 0.25) is 0 Å². The molecule has 0 saturated carbocycles. The maximum Gasteiger partial charge on any atom is 0.200 e. The fourth-order valence-electron chi connectivity index (χ4n) is 0.961. The smallest absolute Gasteiger partial charge is 0.200 e. The van der Waals surface area contributed by atoms with E-state index in [1.165, 1.54) is 0 Å². The summed E-state index contributed by atoms with van der Waals surface area (Å²) in [6.45, 7) is 0. The van der Waals surface area contributed by atoms with Crippen LogP contribution in [0.4, 0.5) is 5.82 Å². The summed E-state index contributed by atoms with van der Waals surface area (Å²) in [6.07, 6.45) is 4.75. The molecule has 0 radical (unpaired) electrons. The maximum absolute atomic E-state index is 5.55. The van der Waals surface area contributed by atoms with Crippen LogP contribution in [0.15, 0.2) is 18.7 Å². The van der Waals surface area contributed by atoms with Crippen molar-refractivity contribution in [2.75, 3.05) is 5.73 Å². The van der Waals surface area contributed by atoms with Crippen LogP contribution in [-0.4, -0.2) is 10.2 Å². The molecule has 2 rings (SSSR count). The van der Waals surface area contributed by atoms with E-state index in [-0.39, 0.29) is 6.23 Å². The zero-order valence-electron chi connectivity index (χ0n) is 5.74. The predicted molar refractivity (Wildman–Crippen MR) is 39.1 cm³/mol. The Balaban J connectivity index is 2.22. The summed E-state index contributed by atoms with van der Waals surface area (Å²) in [7, 11) is 0. The summed E-state index contributed by atoms with van der Waals surface area (Å²) in [4.78, 5) is 0. The second-order valence-corrected chi connectivity index (χ2v) is 2.22. The van der Waals surface area contributed by atoms with Crippen molar-refractivity contribution in [3.63, 3.8) is 0 Å². The van der Waals surface area contributed by atoms with Crippen LogP contribution in [0.3, 0.4) is 0 Å². The second-order valence-electron chi connectivity index (χ2n) is 2.22. The van der Waals surface area contributed by atoms with Gasteiger partial charge in [0.15, 0.2) is 6.23 Å². The minimum Gasteiger partial charge on any atom is -0.472 e. The molecule has 1 aromatic rings. The number of rotatable bonds is 1. The van der Waals surface area contributed by atoms with Gasteiger partial charge < -0.3 is 15.8 Å². The molecule has 0 bridgehead atoms. The Kier molecular flexibility index (Phi) is 1.21. The molecular formula is C6H8N4O. The van der Waals surface area contributed by atoms with Gasteiger partial charge >= 0.3 is 0 Å². The summed E-state index contributed by atoms with van der Waals surface area (Å²) in [5, 5.41) is 9.35. The average Bonchev–Trinajstić information content (AvgIpc) is 2.55. The number of H-pyrrole nitrogens is 1. The third kappa shape index (κ3) is 0.899. The largest absolute Gasteiger partial charge is 0.472 e. The maximum atomic E-state index is 5.55. The Morgan fingerprint density at radius 2 is 2.55 bits per heavy atom. The molecule has 0 spiro atoms. The van der Waals surface area contributed by atoms with Crippen molar-refractivity contribution in [1.82, 2.24) is 15.5 Å². The Morgan fingerprint density at radius 1 is 1.64 bits per heavy atom. The first-order valence-electron chi connectivity index (χ1n) is 3.23. The van der Waals surface area contributed by atoms with E-state index < -0.39 is 0 Å². The molecule has 1 unspecified atom stereocenters. The highest BCUT2D eigenvalue weighted by Crippen LogP contribution is 2.21. The normalized spacial score (nSPS) is 21.3. The lowest BCUT2D eigenvalue weighted by molar-refractivity contribution is 0.155. The van der Waals surface area contributed by atoms with E-state index in [0.29, 0.717) is 5.82 Å². The number of anilines is 1. The average molecular weight is 152 g/mol. The van der Waals surface area contributed by atoms with Gasteiger partial charge in [-0.1, -0.05) is 0 Å². The van der Waals surface area contributed by atoms with Gasteiger partial charge in [0.1, 0.15) is 12.1 Å². The molecule has 0 saturated heterocycles. The molecule has 0 aromatic carbocycles. The van der Waals surface area contributed by atoms with Crippen molar-refractivity contribution >= 4 is 5.82 Å². The summed E-state index contributed by atoms with van der Waals surface area (Å²) in [6, 6.07) is 0. The number of hydrogen-bond acceptors (Lipinski definition) is 4. The highest BCUT2D eigenvalue weighted by Gasteiger charge is 2.17. The number of aromatic amines is 1. The van der Waals surface area contributed by atoms with E-state index in [1.54, 1.807) is 18.7 Å². The second kappa shape index (κ2) is 2.19. The number of hydrogen-bond donors (Lipinski definition) is 3. The van der Waals surface area contributed by atoms with Crippen molar-refractivity contribution in [3.05, 3.63) is 24.2 Å². The van der Waals surface area contributed by atoms with Crippen LogP contribution in [0.25, 0.3) is 0 Å². The van der Waals surface area contributed by atoms with Crippen LogP contribution in [0.1, 0.15) is 11.8 Å². The molecule has 58 valence electrons. The molecule has 1 aliphatic heterocycles. The third-order valence-electron chi connectivity index (χ3n) is 1.51. The molecule has 0 aliphatic carbocycles. The van der Waals surface area contributed by atoms with Crippen molar-refractivity contribution in [3.8, 4) is 0 Å². The van der Waals surface area contributed by atoms with Crippen LogP contribution < -0.4 is 11.1 Å². The van der Waals surface area contributed by atoms with Gasteiger partial charge in [-0.25, -0.2) is 0 Å². The number of nitrogens with one attached hydrogen (secondary N) is 2. The van der Waals surface area contributed by atoms with Crippen LogP contribution in [0.5, 0.6) is 0 Å². The predicted octanol–water partition coefficient (Wildman–Crippen LogP) is 0.0815. The number of nitrogen functional groups attached to an aromatic ring is 1. The van der Waals surface area contributed by atoms with E-state index in [1.807, 2.05) is 0 Å². The van der Waals surface area contributed by atoms with E-state index in [2.05, 4.69) is 15.5 Å². The van der Waals surface area contributed by atoms with Crippen LogP contribution in [-0.2, 0) is 4.74 Å². The minimum atomic E-state index is -0.186. The molecular weight excluding hydrogens is 144 g/mol. The van der Waals surface area contributed by atoms with Crippen molar-refractivity contribution in [2.45, 2.75) is 6.23 Å². The van der Waals surface area contributed by atoms with Gasteiger partial charge in [0.05, 0.1) is 11.8 Å². The molecule has 1 atom stereocenters. The summed E-state index contributed by atoms with van der Waals surface area (Å²) < 4.78 is 5.15. The van der Waals surface area contributed by atoms with Crippen molar-refractivity contribution < 1.29 is 4.74 Å². The Hall–Kier alpha value is -1.65. The SMILES string of the molecule is Nc1[nH]ncc1C1NC=CO1. The monoisotopic (exact) mass is 152 g/mol. The summed E-state index contributed by atoms with van der Waals surface area (Å²) in [5.74, 6) is 0.534. The molecule has 4 N–H and O–H groups in total. The lowest BCUT2D eigenvalue weighted by Gasteiger charge is -2.08. The van der Waals surface area contributed by atoms with Gasteiger partial charge in [-0.05, 0) is 0 Å². The van der Waals surface area contributed by atoms with E-state index in [0.717, 1.165) is 5.56 Å². The van der Waals surface area contributed by atoms with Gasteiger partial charge in [-0.3, -0.25) is 5.10 Å². The summed E-state index contributed by atoms with van der Waals surface area (Å²) >= 11 is 0. The van der Waals surface area contributed by atoms with E-state index in [4.69, 9.17) is 10.5 Å². The Morgan fingerprint density at radius 3 is 3.09 bits per heavy atom. The van der Waals surface area contributed by atoms with Crippen molar-refractivity contribution in [1.29, 1.82) is 0 Å². The lowest BCUT2D eigenvalue weighted by atomic mass is 10.3. The Bertz CT molecular complexity index is 272. The fraction of sp³-hybridized carbons (Fsp3) is 0.167. The van der Waals surface area contributed by atoms with Gasteiger partial charge in [-0.2, -0.15) is 5.10 Å². The molecule has 5 heteroatoms. The lowest BCUT2D eigenvalue weighted by Crippen LogP contribution is -2.12. The molecule has 11 heavy (non-hydrogen) atoms. The fourth-order valence-corrected chi connectivity index (χ4v) is 0.961. The van der Waals surface area contributed by atoms with E-state index in [9.17, 15) is 0 Å². The quantitative estimate of drug-likeness (QED) is 0.532. The molecule has 5 nitrogen and oxygen atoms in total. The highest BCUT2D eigenvalue weighted by molar-refractivity contribution is 5.38. The molecule has 1 aromatic heterocycles. The number of aromatic nitrogens is 2. The number of nitrogens with two attached hydrogens (primary N) is 1. The zero-order valence-corrected chi connectivity index (χ0v) is 5.74. The molecule has 0 fully saturated rings.